The number of fused-ring (bicyclic) bond motifs is 8. The minimum absolute atomic E-state index is 0.386. The van der Waals surface area contributed by atoms with E-state index in [1.165, 1.54) is 0 Å². The Hall–Kier alpha value is -6.64. The first-order chi connectivity index (χ1) is 37.7. The molecule has 9 aromatic carbocycles. The molecule has 0 radical (unpaired) electrons. The first-order valence-electron chi connectivity index (χ1n) is 30.1. The molecule has 2 nitrogen and oxygen atoms in total. The number of furan rings is 1. The molecule has 0 N–H and O–H groups in total. The van der Waals surface area contributed by atoms with Gasteiger partial charge in [0.05, 0.1) is 48.2 Å². The standard InChI is InChI=1S/C48H31NO/c1-2-9-32(10-3-1)33-19-25-39(26-20-33)49(45-15-8-12-36-23-30-44-43-14-6-7-16-46(43)50-48(44)47(36)45)40-27-21-34(22-28-40)37-24-29-42-38(31-37)18-17-35-11-4-5-13-41(35)42/h1-31H/i1D,2D,3D,4D,5D,6D,7D,8D,9D,10D,11D,12D,13D,14D,15D,16D,17D,18D,19D,20D,21D,22D,23D,24D,25D,26D,27D,28D,29D,30D,31D. The van der Waals surface area contributed by atoms with E-state index in [1.54, 1.807) is 0 Å². The third kappa shape index (κ3) is 4.65. The second-order valence-electron chi connectivity index (χ2n) is 10.5. The lowest BCUT2D eigenvalue weighted by Crippen LogP contribution is -2.10. The van der Waals surface area contributed by atoms with Gasteiger partial charge in [-0.15, -0.1) is 0 Å². The molecule has 0 saturated carbocycles. The molecule has 0 aliphatic heterocycles. The molecule has 10 aromatic rings. The van der Waals surface area contributed by atoms with Gasteiger partial charge in [0, 0.05) is 27.5 Å². The van der Waals surface area contributed by atoms with Gasteiger partial charge in [-0.2, -0.15) is 0 Å². The van der Waals surface area contributed by atoms with Crippen molar-refractivity contribution in [3.63, 3.8) is 0 Å². The number of nitrogens with zero attached hydrogens (tertiary/aromatic N) is 1. The second-order valence-corrected chi connectivity index (χ2v) is 10.5. The molecular formula is C48H31NO. The lowest BCUT2D eigenvalue weighted by molar-refractivity contribution is 0.672. The monoisotopic (exact) mass is 668 g/mol. The summed E-state index contributed by atoms with van der Waals surface area (Å²) >= 11 is 0. The summed E-state index contributed by atoms with van der Waals surface area (Å²) in [6, 6.07) is -31.1. The van der Waals surface area contributed by atoms with E-state index in [2.05, 4.69) is 0 Å². The van der Waals surface area contributed by atoms with E-state index in [0.717, 1.165) is 0 Å². The van der Waals surface area contributed by atoms with E-state index in [4.69, 9.17) is 29.1 Å². The van der Waals surface area contributed by atoms with Crippen LogP contribution in [0.1, 0.15) is 42.5 Å². The van der Waals surface area contributed by atoms with E-state index in [9.17, 15) is 17.8 Å². The second kappa shape index (κ2) is 11.5. The molecule has 1 heterocycles. The van der Waals surface area contributed by atoms with Gasteiger partial charge < -0.3 is 9.32 Å². The van der Waals surface area contributed by atoms with Crippen LogP contribution in [-0.4, -0.2) is 0 Å². The van der Waals surface area contributed by atoms with Crippen molar-refractivity contribution in [2.45, 2.75) is 0 Å². The third-order valence-electron chi connectivity index (χ3n) is 7.69. The molecule has 0 saturated heterocycles. The predicted octanol–water partition coefficient (Wildman–Crippen LogP) is 13.8. The number of hydrogen-bond donors (Lipinski definition) is 0. The largest absolute Gasteiger partial charge is 0.455 e. The minimum atomic E-state index is -1.31. The highest BCUT2D eigenvalue weighted by Gasteiger charge is 2.20. The Morgan fingerprint density at radius 3 is 1.74 bits per heavy atom. The Balaban J connectivity index is 1.42. The molecule has 10 rings (SSSR count). The quantitative estimate of drug-likeness (QED) is 0.170. The summed E-state index contributed by atoms with van der Waals surface area (Å²) < 4.78 is 285. The lowest BCUT2D eigenvalue weighted by Gasteiger charge is -2.27. The van der Waals surface area contributed by atoms with Crippen molar-refractivity contribution in [2.75, 3.05) is 4.90 Å². The van der Waals surface area contributed by atoms with Crippen LogP contribution < -0.4 is 4.90 Å². The van der Waals surface area contributed by atoms with Gasteiger partial charge in [-0.1, -0.05) is 139 Å². The van der Waals surface area contributed by atoms with Crippen LogP contribution in [0.3, 0.4) is 0 Å². The van der Waals surface area contributed by atoms with E-state index in [0.29, 0.717) is 4.90 Å². The number of para-hydroxylation sites is 1. The van der Waals surface area contributed by atoms with Crippen LogP contribution >= 0.6 is 0 Å². The Morgan fingerprint density at radius 1 is 0.380 bits per heavy atom. The predicted molar refractivity (Wildman–Crippen MR) is 212 cm³/mol. The topological polar surface area (TPSA) is 16.4 Å². The highest BCUT2D eigenvalue weighted by atomic mass is 16.3. The molecule has 50 heavy (non-hydrogen) atoms. The van der Waals surface area contributed by atoms with Crippen molar-refractivity contribution in [3.05, 3.63) is 187 Å². The average Bonchev–Trinajstić information content (AvgIpc) is 3.66. The van der Waals surface area contributed by atoms with Crippen molar-refractivity contribution < 1.29 is 46.9 Å². The van der Waals surface area contributed by atoms with Crippen molar-refractivity contribution >= 4 is 71.3 Å². The van der Waals surface area contributed by atoms with Crippen molar-refractivity contribution in [3.8, 4) is 22.3 Å². The fraction of sp³-hybridized carbons (Fsp3) is 0. The summed E-state index contributed by atoms with van der Waals surface area (Å²) in [4.78, 5) is 0.386. The molecular weight excluding hydrogens is 607 g/mol. The average molecular weight is 669 g/mol. The summed E-state index contributed by atoms with van der Waals surface area (Å²) in [5, 5.41) is -4.92. The minimum Gasteiger partial charge on any atom is -0.455 e. The molecule has 0 aliphatic carbocycles. The Labute approximate surface area is 333 Å². The highest BCUT2D eigenvalue weighted by Crippen LogP contribution is 2.44. The van der Waals surface area contributed by atoms with Gasteiger partial charge in [-0.25, -0.2) is 0 Å². The fourth-order valence-corrected chi connectivity index (χ4v) is 5.45. The lowest BCUT2D eigenvalue weighted by atomic mass is 9.97. The zero-order valence-electron chi connectivity index (χ0n) is 55.9. The third-order valence-corrected chi connectivity index (χ3v) is 7.69. The van der Waals surface area contributed by atoms with Crippen molar-refractivity contribution in [2.24, 2.45) is 0 Å². The van der Waals surface area contributed by atoms with Gasteiger partial charge >= 0.3 is 0 Å². The molecule has 2 heteroatoms. The summed E-state index contributed by atoms with van der Waals surface area (Å²) in [7, 11) is 0. The van der Waals surface area contributed by atoms with Gasteiger partial charge in [0.25, 0.3) is 0 Å². The molecule has 0 aliphatic rings. The summed E-state index contributed by atoms with van der Waals surface area (Å²) in [5.74, 6) is 0. The van der Waals surface area contributed by atoms with Crippen LogP contribution in [0, 0.1) is 0 Å². The molecule has 0 unspecified atom stereocenters. The zero-order valence-corrected chi connectivity index (χ0v) is 24.9. The number of anilines is 3. The van der Waals surface area contributed by atoms with Crippen LogP contribution in [0.4, 0.5) is 17.1 Å². The molecule has 0 fully saturated rings. The molecule has 234 valence electrons. The van der Waals surface area contributed by atoms with Gasteiger partial charge in [0.1, 0.15) is 11.2 Å². The summed E-state index contributed by atoms with van der Waals surface area (Å²) in [6.45, 7) is 0. The van der Waals surface area contributed by atoms with Gasteiger partial charge in [0.15, 0.2) is 0 Å². The van der Waals surface area contributed by atoms with Crippen LogP contribution in [0.25, 0.3) is 76.5 Å². The maximum atomic E-state index is 9.74. The van der Waals surface area contributed by atoms with Crippen LogP contribution in [0.15, 0.2) is 192 Å². The van der Waals surface area contributed by atoms with E-state index in [1.807, 2.05) is 0 Å². The van der Waals surface area contributed by atoms with Gasteiger partial charge in [0.2, 0.25) is 0 Å². The number of benzene rings is 9. The van der Waals surface area contributed by atoms with E-state index in [-0.39, 0.29) is 0 Å². The highest BCUT2D eigenvalue weighted by molar-refractivity contribution is 6.19. The Morgan fingerprint density at radius 2 is 0.940 bits per heavy atom. The fourth-order valence-electron chi connectivity index (χ4n) is 5.45. The SMILES string of the molecule is [2H]c1c([2H])c([2H])c(-c2c([2H])c([2H])c(N(c3c([2H])c([2H])c(-c4c([2H])c([2H])c5c(c4[2H])c([2H])c([2H])c4c([2H])c([2H])c([2H])c([2H])c45)c([2H])c3[2H])c3c([2H])c([2H])c([2H])c4c([2H])c([2H])c5c(oc6c([2H])c([2H])c([2H])c([2H])c65)c34)c([2H])c2[2H])c([2H])c1[2H]. The Bertz CT molecular complexity index is 4580. The first-order valence-corrected chi connectivity index (χ1v) is 14.6. The maximum absolute atomic E-state index is 9.74. The molecule has 0 bridgehead atoms. The van der Waals surface area contributed by atoms with Crippen LogP contribution in [0.2, 0.25) is 0 Å². The molecule has 0 atom stereocenters. The maximum Gasteiger partial charge on any atom is 0.145 e. The van der Waals surface area contributed by atoms with Gasteiger partial charge in [-0.3, -0.25) is 0 Å². The first kappa shape index (κ1) is 11.2. The number of rotatable bonds is 5. The number of hydrogen-bond acceptors (Lipinski definition) is 2. The molecule has 0 amide bonds. The summed E-state index contributed by atoms with van der Waals surface area (Å²) in [6.07, 6.45) is 0. The van der Waals surface area contributed by atoms with Crippen molar-refractivity contribution in [1.29, 1.82) is 0 Å². The molecule has 1 aromatic heterocycles. The smallest absolute Gasteiger partial charge is 0.145 e. The zero-order chi connectivity index (χ0) is 60.0. The van der Waals surface area contributed by atoms with Gasteiger partial charge in [-0.05, 0) is 97.5 Å². The summed E-state index contributed by atoms with van der Waals surface area (Å²) in [5.41, 5.74) is -8.34. The van der Waals surface area contributed by atoms with E-state index >= 15 is 0 Å². The normalized spacial score (nSPS) is 20.3. The van der Waals surface area contributed by atoms with E-state index < -0.39 is 281 Å². The van der Waals surface area contributed by atoms with Crippen LogP contribution in [-0.2, 0) is 0 Å². The van der Waals surface area contributed by atoms with Crippen molar-refractivity contribution in [1.82, 2.24) is 0 Å². The molecule has 0 spiro atoms. The van der Waals surface area contributed by atoms with Crippen LogP contribution in [0.5, 0.6) is 0 Å². The Kier molecular flexibility index (Phi) is 2.58.